The van der Waals surface area contributed by atoms with Crippen LogP contribution in [-0.4, -0.2) is 44.4 Å². The van der Waals surface area contributed by atoms with Gasteiger partial charge in [-0.2, -0.15) is 4.39 Å². The Labute approximate surface area is 241 Å². The fraction of sp³-hybridized carbons (Fsp3) is 0.433. The normalized spacial score (nSPS) is 15.9. The van der Waals surface area contributed by atoms with Gasteiger partial charge in [-0.05, 0) is 49.8 Å². The summed E-state index contributed by atoms with van der Waals surface area (Å²) in [5.74, 6) is -7.62. The zero-order valence-electron chi connectivity index (χ0n) is 23.4. The van der Waals surface area contributed by atoms with E-state index in [1.807, 2.05) is 37.3 Å². The molecule has 1 saturated carbocycles. The molecule has 42 heavy (non-hydrogen) atoms. The number of aliphatic carboxylic acids is 1. The number of nitrogens with one attached hydrogen (secondary N) is 1. The molecule has 1 amide bonds. The molecule has 0 saturated heterocycles. The van der Waals surface area contributed by atoms with Crippen molar-refractivity contribution >= 4 is 17.7 Å². The Bertz CT molecular complexity index is 1420. The summed E-state index contributed by atoms with van der Waals surface area (Å²) in [5, 5.41) is 20.9. The van der Waals surface area contributed by atoms with Crippen LogP contribution >= 0.6 is 0 Å². The van der Waals surface area contributed by atoms with E-state index in [4.69, 9.17) is 4.74 Å². The topological polar surface area (TPSA) is 123 Å². The van der Waals surface area contributed by atoms with Crippen molar-refractivity contribution in [3.63, 3.8) is 0 Å². The number of hydrogen-bond donors (Lipinski definition) is 2. The van der Waals surface area contributed by atoms with Crippen molar-refractivity contribution in [1.29, 1.82) is 0 Å². The second-order valence-corrected chi connectivity index (χ2v) is 10.8. The molecular weight excluding hydrogens is 553 g/mol. The number of aryl methyl sites for hydroxylation is 1. The maximum atomic E-state index is 14.4. The molecule has 0 spiro atoms. The Morgan fingerprint density at radius 1 is 1.12 bits per heavy atom. The number of halogens is 3. The molecule has 1 aliphatic carbocycles. The highest BCUT2D eigenvalue weighted by atomic mass is 19.2. The molecule has 224 valence electrons. The molecule has 0 aliphatic heterocycles. The minimum absolute atomic E-state index is 0.00949. The third-order valence-electron chi connectivity index (χ3n) is 7.79. The summed E-state index contributed by atoms with van der Waals surface area (Å²) < 4.78 is 48.4. The van der Waals surface area contributed by atoms with E-state index < -0.39 is 59.6 Å². The van der Waals surface area contributed by atoms with Gasteiger partial charge in [-0.1, -0.05) is 54.8 Å². The summed E-state index contributed by atoms with van der Waals surface area (Å²) in [7, 11) is 0. The van der Waals surface area contributed by atoms with Gasteiger partial charge in [0.2, 0.25) is 11.7 Å². The predicted octanol–water partition coefficient (Wildman–Crippen LogP) is 4.82. The first-order valence-electron chi connectivity index (χ1n) is 13.8. The molecule has 9 nitrogen and oxygen atoms in total. The highest BCUT2D eigenvalue weighted by molar-refractivity contribution is 5.87. The van der Waals surface area contributed by atoms with Gasteiger partial charge in [0, 0.05) is 0 Å². The molecule has 2 N–H and O–H groups in total. The van der Waals surface area contributed by atoms with Crippen molar-refractivity contribution < 1.29 is 37.4 Å². The van der Waals surface area contributed by atoms with E-state index >= 15 is 0 Å². The lowest BCUT2D eigenvalue weighted by Gasteiger charge is -2.39. The predicted molar refractivity (Wildman–Crippen MR) is 145 cm³/mol. The van der Waals surface area contributed by atoms with E-state index in [-0.39, 0.29) is 23.8 Å². The molecule has 1 unspecified atom stereocenters. The van der Waals surface area contributed by atoms with Crippen LogP contribution in [0.3, 0.4) is 0 Å². The first-order chi connectivity index (χ1) is 20.0. The number of Topliss-reactive ketones (excluding diaryl/α,β-unsaturated/α-hetero) is 1. The summed E-state index contributed by atoms with van der Waals surface area (Å²) in [4.78, 5) is 37.9. The van der Waals surface area contributed by atoms with Gasteiger partial charge in [-0.3, -0.25) is 14.4 Å². The van der Waals surface area contributed by atoms with Crippen LogP contribution in [0.4, 0.5) is 13.2 Å². The molecule has 1 aromatic heterocycles. The van der Waals surface area contributed by atoms with Crippen LogP contribution in [-0.2, 0) is 26.3 Å². The molecule has 4 rings (SSSR count). The van der Waals surface area contributed by atoms with Crippen molar-refractivity contribution in [2.75, 3.05) is 6.61 Å². The number of ether oxygens (including phenoxy) is 1. The number of carboxylic acids is 1. The molecule has 2 atom stereocenters. The maximum absolute atomic E-state index is 14.4. The minimum atomic E-state index is -1.60. The Kier molecular flexibility index (Phi) is 9.64. The van der Waals surface area contributed by atoms with Crippen LogP contribution < -0.4 is 10.1 Å². The first-order valence-corrected chi connectivity index (χ1v) is 13.8. The number of nitrogens with zero attached hydrogens (tertiary/aromatic N) is 3. The van der Waals surface area contributed by atoms with Crippen LogP contribution in [0.15, 0.2) is 42.6 Å². The third-order valence-corrected chi connectivity index (χ3v) is 7.79. The molecule has 1 aliphatic rings. The van der Waals surface area contributed by atoms with Crippen molar-refractivity contribution in [2.24, 2.45) is 5.92 Å². The quantitative estimate of drug-likeness (QED) is 0.292. The first kappa shape index (κ1) is 30.7. The van der Waals surface area contributed by atoms with Crippen LogP contribution in [0, 0.1) is 30.3 Å². The van der Waals surface area contributed by atoms with Crippen LogP contribution in [0.2, 0.25) is 0 Å². The summed E-state index contributed by atoms with van der Waals surface area (Å²) in [6, 6.07) is 8.46. The fourth-order valence-corrected chi connectivity index (χ4v) is 5.42. The molecule has 3 aromatic rings. The minimum Gasteiger partial charge on any atom is -0.481 e. The lowest BCUT2D eigenvalue weighted by atomic mass is 9.74. The van der Waals surface area contributed by atoms with Gasteiger partial charge >= 0.3 is 5.97 Å². The number of ketones is 1. The average molecular weight is 587 g/mol. The summed E-state index contributed by atoms with van der Waals surface area (Å²) in [5.41, 5.74) is -0.0185. The van der Waals surface area contributed by atoms with E-state index in [1.165, 1.54) is 13.1 Å². The number of amides is 1. The van der Waals surface area contributed by atoms with Gasteiger partial charge in [0.05, 0.1) is 24.6 Å². The summed E-state index contributed by atoms with van der Waals surface area (Å²) in [6.45, 7) is 2.10. The molecule has 1 heterocycles. The Morgan fingerprint density at radius 2 is 1.81 bits per heavy atom. The van der Waals surface area contributed by atoms with Crippen molar-refractivity contribution in [3.8, 4) is 5.75 Å². The van der Waals surface area contributed by atoms with Gasteiger partial charge in [-0.15, -0.1) is 5.10 Å². The van der Waals surface area contributed by atoms with Crippen molar-refractivity contribution in [1.82, 2.24) is 20.3 Å². The molecule has 2 aromatic carbocycles. The highest BCUT2D eigenvalue weighted by Gasteiger charge is 2.41. The number of hydrogen-bond acceptors (Lipinski definition) is 6. The van der Waals surface area contributed by atoms with E-state index in [0.29, 0.717) is 11.8 Å². The lowest BCUT2D eigenvalue weighted by molar-refractivity contribution is -0.140. The Balaban J connectivity index is 1.59. The van der Waals surface area contributed by atoms with Gasteiger partial charge in [0.1, 0.15) is 18.3 Å². The Morgan fingerprint density at radius 3 is 2.48 bits per heavy atom. The number of carbonyl (C=O) groups excluding carboxylic acids is 2. The van der Waals surface area contributed by atoms with Crippen LogP contribution in [0.25, 0.3) is 0 Å². The molecule has 0 radical (unpaired) electrons. The number of benzene rings is 2. The second-order valence-electron chi connectivity index (χ2n) is 10.8. The standard InChI is InChI=1S/C30H33F3N4O5/c1-18-13-21(31)28(33)29(27(18)32)42-17-23(38)22(15-26(40)41)37-16-24(35-36-37)30(2,20-11-7-4-8-12-20)34-25(39)14-19-9-5-3-6-10-19/h3,5-6,9-10,13,16,20,22H,4,7-8,11-12,14-15,17H2,1-2H3,(H,34,39)(H,40,41)/t22?,30-/m0/s1. The number of aromatic nitrogens is 3. The summed E-state index contributed by atoms with van der Waals surface area (Å²) in [6.07, 6.45) is 5.48. The third kappa shape index (κ3) is 6.97. The van der Waals surface area contributed by atoms with E-state index in [0.717, 1.165) is 42.3 Å². The maximum Gasteiger partial charge on any atom is 0.305 e. The van der Waals surface area contributed by atoms with Gasteiger partial charge in [-0.25, -0.2) is 13.5 Å². The number of carbonyl (C=O) groups is 3. The van der Waals surface area contributed by atoms with Crippen molar-refractivity contribution in [3.05, 3.63) is 76.9 Å². The van der Waals surface area contributed by atoms with Crippen molar-refractivity contribution in [2.45, 2.75) is 70.4 Å². The second kappa shape index (κ2) is 13.2. The largest absolute Gasteiger partial charge is 0.481 e. The molecular formula is C30H33F3N4O5. The van der Waals surface area contributed by atoms with E-state index in [9.17, 15) is 32.7 Å². The van der Waals surface area contributed by atoms with Gasteiger partial charge < -0.3 is 15.2 Å². The summed E-state index contributed by atoms with van der Waals surface area (Å²) >= 11 is 0. The number of carboxylic acid groups (broad SMARTS) is 1. The van der Waals surface area contributed by atoms with Gasteiger partial charge in [0.25, 0.3) is 0 Å². The smallest absolute Gasteiger partial charge is 0.305 e. The SMILES string of the molecule is Cc1cc(F)c(F)c(OCC(=O)C(CC(=O)O)n2cc([C@@](C)(NC(=O)Cc3ccccc3)C3CCCCC3)nn2)c1F. The van der Waals surface area contributed by atoms with E-state index in [2.05, 4.69) is 15.6 Å². The zero-order valence-corrected chi connectivity index (χ0v) is 23.4. The highest BCUT2D eigenvalue weighted by Crippen LogP contribution is 2.39. The van der Waals surface area contributed by atoms with Crippen LogP contribution in [0.1, 0.15) is 68.3 Å². The van der Waals surface area contributed by atoms with Gasteiger partial charge in [0.15, 0.2) is 23.2 Å². The zero-order chi connectivity index (χ0) is 30.4. The molecule has 1 fully saturated rings. The average Bonchev–Trinajstić information content (AvgIpc) is 3.46. The Hall–Kier alpha value is -4.22. The monoisotopic (exact) mass is 586 g/mol. The van der Waals surface area contributed by atoms with E-state index in [1.54, 1.807) is 0 Å². The number of rotatable bonds is 12. The lowest BCUT2D eigenvalue weighted by Crippen LogP contribution is -2.50. The fourth-order valence-electron chi connectivity index (χ4n) is 5.42. The van der Waals surface area contributed by atoms with Crippen LogP contribution in [0.5, 0.6) is 5.75 Å². The molecule has 12 heteroatoms. The molecule has 0 bridgehead atoms.